The molecular weight excluding hydrogens is 266 g/mol. The van der Waals surface area contributed by atoms with Gasteiger partial charge in [-0.25, -0.2) is 0 Å². The van der Waals surface area contributed by atoms with Crippen LogP contribution in [0.25, 0.3) is 0 Å². The number of rotatable bonds is 4. The zero-order chi connectivity index (χ0) is 14.5. The van der Waals surface area contributed by atoms with Crippen molar-refractivity contribution in [3.63, 3.8) is 0 Å². The molecule has 1 aromatic rings. The molecular formula is C16H25N3O2. The SMILES string of the molecule is O=C(NC1CCCCC1CN1CCCCC1)c1ccno1. The Balaban J connectivity index is 1.57. The Morgan fingerprint density at radius 1 is 1.24 bits per heavy atom. The van der Waals surface area contributed by atoms with Crippen molar-refractivity contribution in [1.82, 2.24) is 15.4 Å². The van der Waals surface area contributed by atoms with Gasteiger partial charge in [0.25, 0.3) is 5.91 Å². The summed E-state index contributed by atoms with van der Waals surface area (Å²) in [5.74, 6) is 0.768. The smallest absolute Gasteiger partial charge is 0.290 e. The van der Waals surface area contributed by atoms with E-state index in [0.29, 0.717) is 11.7 Å². The molecule has 3 rings (SSSR count). The second-order valence-electron chi connectivity index (χ2n) is 6.36. The number of carbonyl (C=O) groups is 1. The zero-order valence-electron chi connectivity index (χ0n) is 12.6. The van der Waals surface area contributed by atoms with Crippen LogP contribution in [-0.4, -0.2) is 41.6 Å². The maximum atomic E-state index is 12.2. The lowest BCUT2D eigenvalue weighted by atomic mass is 9.83. The molecule has 2 atom stereocenters. The van der Waals surface area contributed by atoms with Gasteiger partial charge in [0.05, 0.1) is 6.20 Å². The first-order chi connectivity index (χ1) is 10.3. The van der Waals surface area contributed by atoms with Crippen LogP contribution in [0.3, 0.4) is 0 Å². The molecule has 1 N–H and O–H groups in total. The fourth-order valence-electron chi connectivity index (χ4n) is 3.66. The lowest BCUT2D eigenvalue weighted by molar-refractivity contribution is 0.0841. The van der Waals surface area contributed by atoms with Crippen molar-refractivity contribution >= 4 is 5.91 Å². The Hall–Kier alpha value is -1.36. The van der Waals surface area contributed by atoms with Crippen molar-refractivity contribution < 1.29 is 9.32 Å². The van der Waals surface area contributed by atoms with E-state index in [1.165, 1.54) is 57.8 Å². The maximum absolute atomic E-state index is 12.2. The molecule has 0 spiro atoms. The van der Waals surface area contributed by atoms with Crippen LogP contribution in [0.4, 0.5) is 0 Å². The summed E-state index contributed by atoms with van der Waals surface area (Å²) in [7, 11) is 0. The standard InChI is InChI=1S/C16H25N3O2/c20-16(15-8-9-17-21-15)18-14-7-3-2-6-13(14)12-19-10-4-1-5-11-19/h8-9,13-14H,1-7,10-12H2,(H,18,20). The quantitative estimate of drug-likeness (QED) is 0.925. The van der Waals surface area contributed by atoms with Crippen molar-refractivity contribution in [3.8, 4) is 0 Å². The predicted molar refractivity (Wildman–Crippen MR) is 80.0 cm³/mol. The highest BCUT2D eigenvalue weighted by atomic mass is 16.5. The van der Waals surface area contributed by atoms with Crippen LogP contribution >= 0.6 is 0 Å². The summed E-state index contributed by atoms with van der Waals surface area (Å²) < 4.78 is 4.95. The molecule has 2 fully saturated rings. The molecule has 2 aliphatic rings. The van der Waals surface area contributed by atoms with Crippen LogP contribution in [0.2, 0.25) is 0 Å². The van der Waals surface area contributed by atoms with E-state index in [1.54, 1.807) is 6.07 Å². The molecule has 1 saturated heterocycles. The number of hydrogen-bond donors (Lipinski definition) is 1. The molecule has 21 heavy (non-hydrogen) atoms. The second-order valence-corrected chi connectivity index (χ2v) is 6.36. The molecule has 0 aromatic carbocycles. The van der Waals surface area contributed by atoms with E-state index in [0.717, 1.165) is 13.0 Å². The summed E-state index contributed by atoms with van der Waals surface area (Å²) in [5, 5.41) is 6.77. The highest BCUT2D eigenvalue weighted by molar-refractivity contribution is 5.91. The molecule has 1 saturated carbocycles. The summed E-state index contributed by atoms with van der Waals surface area (Å²) in [4.78, 5) is 14.7. The van der Waals surface area contributed by atoms with Gasteiger partial charge < -0.3 is 14.7 Å². The van der Waals surface area contributed by atoms with Crippen LogP contribution < -0.4 is 5.32 Å². The van der Waals surface area contributed by atoms with E-state index < -0.39 is 0 Å². The van der Waals surface area contributed by atoms with Gasteiger partial charge in [-0.2, -0.15) is 0 Å². The lowest BCUT2D eigenvalue weighted by Gasteiger charge is -2.37. The largest absolute Gasteiger partial charge is 0.351 e. The zero-order valence-corrected chi connectivity index (χ0v) is 12.6. The van der Waals surface area contributed by atoms with Crippen LogP contribution in [0.5, 0.6) is 0 Å². The van der Waals surface area contributed by atoms with E-state index in [2.05, 4.69) is 15.4 Å². The summed E-state index contributed by atoms with van der Waals surface area (Å²) >= 11 is 0. The van der Waals surface area contributed by atoms with Crippen molar-refractivity contribution in [2.45, 2.75) is 51.0 Å². The van der Waals surface area contributed by atoms with Gasteiger partial charge in [-0.05, 0) is 44.7 Å². The van der Waals surface area contributed by atoms with Crippen LogP contribution in [0.1, 0.15) is 55.5 Å². The number of carbonyl (C=O) groups excluding carboxylic acids is 1. The van der Waals surface area contributed by atoms with Gasteiger partial charge in [-0.15, -0.1) is 0 Å². The number of hydrogen-bond acceptors (Lipinski definition) is 4. The number of amides is 1. The topological polar surface area (TPSA) is 58.4 Å². The number of aromatic nitrogens is 1. The fraction of sp³-hybridized carbons (Fsp3) is 0.750. The van der Waals surface area contributed by atoms with Crippen molar-refractivity contribution in [2.24, 2.45) is 5.92 Å². The molecule has 1 aliphatic carbocycles. The van der Waals surface area contributed by atoms with E-state index in [9.17, 15) is 4.79 Å². The third-order valence-corrected chi connectivity index (χ3v) is 4.83. The summed E-state index contributed by atoms with van der Waals surface area (Å²) in [6, 6.07) is 1.90. The third-order valence-electron chi connectivity index (χ3n) is 4.83. The molecule has 5 nitrogen and oxygen atoms in total. The van der Waals surface area contributed by atoms with Gasteiger partial charge in [0.1, 0.15) is 0 Å². The molecule has 0 bridgehead atoms. The second kappa shape index (κ2) is 7.07. The first-order valence-electron chi connectivity index (χ1n) is 8.27. The Labute approximate surface area is 126 Å². The molecule has 1 amide bonds. The third kappa shape index (κ3) is 3.84. The van der Waals surface area contributed by atoms with E-state index in [1.807, 2.05) is 0 Å². The van der Waals surface area contributed by atoms with Crippen molar-refractivity contribution in [2.75, 3.05) is 19.6 Å². The monoisotopic (exact) mass is 291 g/mol. The minimum Gasteiger partial charge on any atom is -0.351 e. The highest BCUT2D eigenvalue weighted by Crippen LogP contribution is 2.26. The summed E-state index contributed by atoms with van der Waals surface area (Å²) in [5.41, 5.74) is 0. The number of nitrogens with one attached hydrogen (secondary N) is 1. The lowest BCUT2D eigenvalue weighted by Crippen LogP contribution is -2.47. The van der Waals surface area contributed by atoms with E-state index >= 15 is 0 Å². The van der Waals surface area contributed by atoms with Gasteiger partial charge in [-0.3, -0.25) is 4.79 Å². The minimum atomic E-state index is -0.122. The molecule has 2 heterocycles. The summed E-state index contributed by atoms with van der Waals surface area (Å²) in [6.45, 7) is 3.57. The number of piperidine rings is 1. The molecule has 2 unspecified atom stereocenters. The van der Waals surface area contributed by atoms with Crippen molar-refractivity contribution in [3.05, 3.63) is 18.0 Å². The van der Waals surface area contributed by atoms with Gasteiger partial charge in [0.2, 0.25) is 5.76 Å². The predicted octanol–water partition coefficient (Wildman–Crippen LogP) is 2.45. The first kappa shape index (κ1) is 14.6. The van der Waals surface area contributed by atoms with Crippen LogP contribution in [-0.2, 0) is 0 Å². The molecule has 0 radical (unpaired) electrons. The van der Waals surface area contributed by atoms with Gasteiger partial charge in [0, 0.05) is 18.7 Å². The van der Waals surface area contributed by atoms with Crippen molar-refractivity contribution in [1.29, 1.82) is 0 Å². The molecule has 5 heteroatoms. The Morgan fingerprint density at radius 2 is 2.05 bits per heavy atom. The Kier molecular flexibility index (Phi) is 4.91. The number of nitrogens with zero attached hydrogens (tertiary/aromatic N) is 2. The van der Waals surface area contributed by atoms with Gasteiger partial charge in [-0.1, -0.05) is 24.4 Å². The molecule has 116 valence electrons. The van der Waals surface area contributed by atoms with Crippen LogP contribution in [0.15, 0.2) is 16.8 Å². The normalized spacial score (nSPS) is 27.4. The Bertz CT molecular complexity index is 440. The van der Waals surface area contributed by atoms with E-state index in [4.69, 9.17) is 4.52 Å². The average molecular weight is 291 g/mol. The Morgan fingerprint density at radius 3 is 2.81 bits per heavy atom. The maximum Gasteiger partial charge on any atom is 0.290 e. The highest BCUT2D eigenvalue weighted by Gasteiger charge is 2.29. The fourth-order valence-corrected chi connectivity index (χ4v) is 3.66. The van der Waals surface area contributed by atoms with Gasteiger partial charge in [0.15, 0.2) is 0 Å². The average Bonchev–Trinajstić information content (AvgIpc) is 3.05. The summed E-state index contributed by atoms with van der Waals surface area (Å²) in [6.07, 6.45) is 10.3. The number of likely N-dealkylation sites (tertiary alicyclic amines) is 1. The molecule has 1 aliphatic heterocycles. The first-order valence-corrected chi connectivity index (χ1v) is 8.27. The van der Waals surface area contributed by atoms with Crippen LogP contribution in [0, 0.1) is 5.92 Å². The van der Waals surface area contributed by atoms with Gasteiger partial charge >= 0.3 is 0 Å². The minimum absolute atomic E-state index is 0.122. The van der Waals surface area contributed by atoms with E-state index in [-0.39, 0.29) is 11.9 Å². The molecule has 1 aromatic heterocycles.